The highest BCUT2D eigenvalue weighted by atomic mass is 35.5. The van der Waals surface area contributed by atoms with Crippen LogP contribution in [-0.2, 0) is 9.59 Å². The molecule has 29 heavy (non-hydrogen) atoms. The first kappa shape index (κ1) is 21.2. The van der Waals surface area contributed by atoms with E-state index < -0.39 is 17.6 Å². The molecule has 2 aromatic rings. The lowest BCUT2D eigenvalue weighted by Gasteiger charge is -2.14. The van der Waals surface area contributed by atoms with Crippen molar-refractivity contribution in [3.05, 3.63) is 50.6 Å². The van der Waals surface area contributed by atoms with Crippen LogP contribution in [0.15, 0.2) is 45.7 Å². The van der Waals surface area contributed by atoms with Crippen LogP contribution in [0.2, 0.25) is 10.0 Å². The normalized spacial score (nSPS) is 15.1. The van der Waals surface area contributed by atoms with E-state index in [0.717, 1.165) is 11.8 Å². The van der Waals surface area contributed by atoms with Gasteiger partial charge in [-0.3, -0.25) is 25.1 Å². The lowest BCUT2D eigenvalue weighted by Crippen LogP contribution is -2.43. The molecule has 148 valence electrons. The molecule has 2 heterocycles. The number of halogens is 2. The maximum Gasteiger partial charge on any atom is 0.287 e. The number of nitrogens with zero attached hydrogens (tertiary/aromatic N) is 2. The molecule has 0 atom stereocenters. The van der Waals surface area contributed by atoms with E-state index in [2.05, 4.69) is 20.6 Å². The molecule has 0 saturated heterocycles. The number of hydrogen-bond donors (Lipinski definition) is 3. The number of rotatable bonds is 4. The van der Waals surface area contributed by atoms with Gasteiger partial charge in [-0.15, -0.1) is 11.3 Å². The van der Waals surface area contributed by atoms with Gasteiger partial charge in [0.05, 0.1) is 20.7 Å². The third kappa shape index (κ3) is 5.51. The largest absolute Gasteiger partial charge is 0.325 e. The SMILES string of the molecule is N=C1N=C(SCC(=O)Nc2ccc(Cl)c(Cl)c2)NC(=O)C1=NC(=O)c1cccs1. The van der Waals surface area contributed by atoms with Crippen molar-refractivity contribution in [1.82, 2.24) is 5.32 Å². The van der Waals surface area contributed by atoms with Crippen LogP contribution in [0.5, 0.6) is 0 Å². The summed E-state index contributed by atoms with van der Waals surface area (Å²) < 4.78 is 0. The van der Waals surface area contributed by atoms with Gasteiger partial charge < -0.3 is 5.32 Å². The summed E-state index contributed by atoms with van der Waals surface area (Å²) in [6, 6.07) is 7.91. The maximum atomic E-state index is 12.2. The fourth-order valence-electron chi connectivity index (χ4n) is 2.08. The summed E-state index contributed by atoms with van der Waals surface area (Å²) in [7, 11) is 0. The average Bonchev–Trinajstić information content (AvgIpc) is 3.21. The molecule has 1 aromatic heterocycles. The van der Waals surface area contributed by atoms with Gasteiger partial charge in [0.15, 0.2) is 16.7 Å². The number of carbonyl (C=O) groups excluding carboxylic acids is 3. The van der Waals surface area contributed by atoms with Gasteiger partial charge in [0.2, 0.25) is 5.91 Å². The molecule has 0 bridgehead atoms. The highest BCUT2D eigenvalue weighted by Gasteiger charge is 2.26. The van der Waals surface area contributed by atoms with Crippen molar-refractivity contribution in [3.8, 4) is 0 Å². The first-order valence-electron chi connectivity index (χ1n) is 7.86. The van der Waals surface area contributed by atoms with Gasteiger partial charge in [-0.05, 0) is 29.6 Å². The summed E-state index contributed by atoms with van der Waals surface area (Å²) in [5, 5.41) is 15.4. The Morgan fingerprint density at radius 1 is 1.28 bits per heavy atom. The molecular weight excluding hydrogens is 457 g/mol. The Labute approximate surface area is 182 Å². The third-order valence-corrected chi connectivity index (χ3v) is 5.83. The number of amides is 3. The summed E-state index contributed by atoms with van der Waals surface area (Å²) in [5.41, 5.74) is 0.0851. The van der Waals surface area contributed by atoms with E-state index in [4.69, 9.17) is 28.6 Å². The summed E-state index contributed by atoms with van der Waals surface area (Å²) >= 11 is 13.8. The second-order valence-corrected chi connectivity index (χ2v) is 8.15. The number of anilines is 1. The Bertz CT molecular complexity index is 1070. The standard InChI is InChI=1S/C17H11Cl2N5O3S2/c18-9-4-3-8(6-10(9)19)21-12(25)7-29-17-23-14(20)13(16(27)24-17)22-15(26)11-2-1-5-28-11/h1-6H,7H2,(H,21,25)(H2,20,23,24,27). The average molecular weight is 468 g/mol. The summed E-state index contributed by atoms with van der Waals surface area (Å²) in [6.07, 6.45) is 0. The Hall–Kier alpha value is -2.53. The van der Waals surface area contributed by atoms with E-state index in [1.54, 1.807) is 29.6 Å². The third-order valence-electron chi connectivity index (χ3n) is 3.36. The Morgan fingerprint density at radius 2 is 2.07 bits per heavy atom. The monoisotopic (exact) mass is 467 g/mol. The number of thioether (sulfide) groups is 1. The summed E-state index contributed by atoms with van der Waals surface area (Å²) in [4.78, 5) is 44.1. The molecule has 0 radical (unpaired) electrons. The number of thiophene rings is 1. The molecular formula is C17H11Cl2N5O3S2. The predicted octanol–water partition coefficient (Wildman–Crippen LogP) is 3.47. The van der Waals surface area contributed by atoms with E-state index in [1.165, 1.54) is 17.4 Å². The van der Waals surface area contributed by atoms with Crippen molar-refractivity contribution in [1.29, 1.82) is 5.41 Å². The predicted molar refractivity (Wildman–Crippen MR) is 117 cm³/mol. The van der Waals surface area contributed by atoms with Gasteiger partial charge in [-0.1, -0.05) is 41.0 Å². The first-order valence-corrected chi connectivity index (χ1v) is 10.5. The Balaban J connectivity index is 1.60. The Morgan fingerprint density at radius 3 is 2.72 bits per heavy atom. The molecule has 1 aliphatic heterocycles. The van der Waals surface area contributed by atoms with Crippen LogP contribution in [-0.4, -0.2) is 40.2 Å². The van der Waals surface area contributed by atoms with Crippen molar-refractivity contribution < 1.29 is 14.4 Å². The van der Waals surface area contributed by atoms with Crippen LogP contribution in [0, 0.1) is 5.41 Å². The topological polar surface area (TPSA) is 124 Å². The fourth-order valence-corrected chi connectivity index (χ4v) is 3.65. The van der Waals surface area contributed by atoms with Crippen molar-refractivity contribution >= 4 is 86.4 Å². The molecule has 0 unspecified atom stereocenters. The molecule has 1 aromatic carbocycles. The van der Waals surface area contributed by atoms with Crippen LogP contribution >= 0.6 is 46.3 Å². The minimum atomic E-state index is -0.734. The molecule has 3 rings (SSSR count). The Kier molecular flexibility index (Phi) is 6.80. The quantitative estimate of drug-likeness (QED) is 0.636. The zero-order chi connectivity index (χ0) is 21.0. The van der Waals surface area contributed by atoms with E-state index in [0.29, 0.717) is 20.6 Å². The second kappa shape index (κ2) is 9.31. The molecule has 0 spiro atoms. The van der Waals surface area contributed by atoms with Crippen molar-refractivity contribution in [3.63, 3.8) is 0 Å². The molecule has 12 heteroatoms. The van der Waals surface area contributed by atoms with Gasteiger partial charge in [0.1, 0.15) is 0 Å². The van der Waals surface area contributed by atoms with Crippen molar-refractivity contribution in [2.24, 2.45) is 9.98 Å². The molecule has 1 aliphatic rings. The van der Waals surface area contributed by atoms with Crippen LogP contribution in [0.25, 0.3) is 0 Å². The van der Waals surface area contributed by atoms with Crippen LogP contribution in [0.3, 0.4) is 0 Å². The molecule has 0 aliphatic carbocycles. The smallest absolute Gasteiger partial charge is 0.287 e. The van der Waals surface area contributed by atoms with E-state index >= 15 is 0 Å². The number of benzene rings is 1. The molecule has 8 nitrogen and oxygen atoms in total. The summed E-state index contributed by atoms with van der Waals surface area (Å²) in [5.74, 6) is -2.26. The van der Waals surface area contributed by atoms with Crippen LogP contribution < -0.4 is 10.6 Å². The van der Waals surface area contributed by atoms with Crippen LogP contribution in [0.1, 0.15) is 9.67 Å². The molecule has 3 amide bonds. The van der Waals surface area contributed by atoms with E-state index in [-0.39, 0.29) is 22.5 Å². The van der Waals surface area contributed by atoms with Crippen molar-refractivity contribution in [2.75, 3.05) is 11.1 Å². The second-order valence-electron chi connectivity index (χ2n) is 5.43. The highest BCUT2D eigenvalue weighted by molar-refractivity contribution is 8.14. The van der Waals surface area contributed by atoms with Crippen LogP contribution in [0.4, 0.5) is 5.69 Å². The van der Waals surface area contributed by atoms with Gasteiger partial charge >= 0.3 is 0 Å². The van der Waals surface area contributed by atoms with Gasteiger partial charge in [0, 0.05) is 5.69 Å². The number of carbonyl (C=O) groups is 3. The first-order chi connectivity index (χ1) is 13.8. The van der Waals surface area contributed by atoms with Crippen molar-refractivity contribution in [2.45, 2.75) is 0 Å². The maximum absolute atomic E-state index is 12.2. The fraction of sp³-hybridized carbons (Fsp3) is 0.0588. The van der Waals surface area contributed by atoms with Gasteiger partial charge in [0.25, 0.3) is 11.8 Å². The minimum absolute atomic E-state index is 0.0619. The van der Waals surface area contributed by atoms with E-state index in [1.807, 2.05) is 0 Å². The lowest BCUT2D eigenvalue weighted by molar-refractivity contribution is -0.114. The lowest BCUT2D eigenvalue weighted by atomic mass is 10.3. The van der Waals surface area contributed by atoms with E-state index in [9.17, 15) is 14.4 Å². The van der Waals surface area contributed by atoms with Gasteiger partial charge in [-0.25, -0.2) is 4.99 Å². The number of aliphatic imine (C=N–C) groups is 2. The molecule has 0 saturated carbocycles. The molecule has 3 N–H and O–H groups in total. The number of nitrogens with one attached hydrogen (secondary N) is 3. The summed E-state index contributed by atoms with van der Waals surface area (Å²) in [6.45, 7) is 0. The zero-order valence-electron chi connectivity index (χ0n) is 14.4. The molecule has 0 fully saturated rings. The number of hydrogen-bond acceptors (Lipinski definition) is 6. The highest BCUT2D eigenvalue weighted by Crippen LogP contribution is 2.25. The zero-order valence-corrected chi connectivity index (χ0v) is 17.5. The van der Waals surface area contributed by atoms with Gasteiger partial charge in [-0.2, -0.15) is 4.99 Å². The number of amidine groups is 2. The minimum Gasteiger partial charge on any atom is -0.325 e.